The molecule has 0 amide bonds. The van der Waals surface area contributed by atoms with Crippen LogP contribution < -0.4 is 0 Å². The lowest BCUT2D eigenvalue weighted by Gasteiger charge is -1.96. The molecule has 0 radical (unpaired) electrons. The van der Waals surface area contributed by atoms with Crippen molar-refractivity contribution < 1.29 is 5.11 Å². The molecule has 0 fully saturated rings. The zero-order valence-corrected chi connectivity index (χ0v) is 5.59. The highest BCUT2D eigenvalue weighted by Gasteiger charge is 1.87. The minimum Gasteiger partial charge on any atom is -0.392 e. The van der Waals surface area contributed by atoms with E-state index in [-0.39, 0.29) is 6.61 Å². The van der Waals surface area contributed by atoms with E-state index in [1.54, 1.807) is 6.08 Å². The lowest BCUT2D eigenvalue weighted by atomic mass is 10.1. The van der Waals surface area contributed by atoms with Crippen LogP contribution in [0.25, 0.3) is 0 Å². The van der Waals surface area contributed by atoms with Gasteiger partial charge in [-0.1, -0.05) is 32.4 Å². The van der Waals surface area contributed by atoms with Crippen molar-refractivity contribution >= 4 is 0 Å². The molecule has 1 heteroatoms. The van der Waals surface area contributed by atoms with Gasteiger partial charge in [-0.15, -0.1) is 0 Å². The summed E-state index contributed by atoms with van der Waals surface area (Å²) in [6.45, 7) is 4.43. The highest BCUT2D eigenvalue weighted by molar-refractivity contribution is 4.84. The maximum atomic E-state index is 8.32. The Morgan fingerprint density at radius 2 is 2.25 bits per heavy atom. The maximum absolute atomic E-state index is 8.32. The van der Waals surface area contributed by atoms with Gasteiger partial charge in [-0.05, 0) is 5.92 Å². The molecular formula is C7H14O. The topological polar surface area (TPSA) is 20.2 Å². The molecule has 0 aromatic heterocycles. The second kappa shape index (κ2) is 4.85. The van der Waals surface area contributed by atoms with E-state index in [4.69, 9.17) is 5.11 Å². The largest absolute Gasteiger partial charge is 0.392 e. The molecule has 0 saturated heterocycles. The van der Waals surface area contributed by atoms with Gasteiger partial charge in [0.15, 0.2) is 0 Å². The van der Waals surface area contributed by atoms with E-state index < -0.39 is 0 Å². The third kappa shape index (κ3) is 3.88. The van der Waals surface area contributed by atoms with E-state index >= 15 is 0 Å². The average Bonchev–Trinajstić information content (AvgIpc) is 1.83. The van der Waals surface area contributed by atoms with Crippen molar-refractivity contribution in [2.75, 3.05) is 6.61 Å². The van der Waals surface area contributed by atoms with Crippen molar-refractivity contribution in [2.24, 2.45) is 5.92 Å². The molecule has 0 spiro atoms. The summed E-state index contributed by atoms with van der Waals surface area (Å²) in [5.74, 6) is 0.613. The van der Waals surface area contributed by atoms with Crippen molar-refractivity contribution in [3.8, 4) is 0 Å². The van der Waals surface area contributed by atoms with Crippen molar-refractivity contribution in [3.63, 3.8) is 0 Å². The fourth-order valence-electron chi connectivity index (χ4n) is 0.429. The van der Waals surface area contributed by atoms with Gasteiger partial charge in [-0.2, -0.15) is 0 Å². The Kier molecular flexibility index (Phi) is 4.67. The van der Waals surface area contributed by atoms with E-state index in [0.717, 1.165) is 6.42 Å². The van der Waals surface area contributed by atoms with Crippen LogP contribution in [0.15, 0.2) is 12.2 Å². The van der Waals surface area contributed by atoms with Crippen molar-refractivity contribution in [3.05, 3.63) is 12.2 Å². The number of allylic oxidation sites excluding steroid dienone is 1. The van der Waals surface area contributed by atoms with Crippen LogP contribution >= 0.6 is 0 Å². The molecule has 0 aliphatic heterocycles. The predicted molar refractivity (Wildman–Crippen MR) is 35.7 cm³/mol. The van der Waals surface area contributed by atoms with E-state index in [1.165, 1.54) is 0 Å². The number of hydrogen-bond acceptors (Lipinski definition) is 1. The van der Waals surface area contributed by atoms with Gasteiger partial charge >= 0.3 is 0 Å². The fraction of sp³-hybridized carbons (Fsp3) is 0.714. The summed E-state index contributed by atoms with van der Waals surface area (Å²) in [6.07, 6.45) is 4.96. The lowest BCUT2D eigenvalue weighted by Crippen LogP contribution is -1.84. The Bertz CT molecular complexity index is 66.8. The molecule has 0 saturated carbocycles. The second-order valence-electron chi connectivity index (χ2n) is 2.00. The summed E-state index contributed by atoms with van der Waals surface area (Å²) in [7, 11) is 0. The standard InChI is InChI=1S/C7H14O/c1-3-7(2)5-4-6-8/h4-5,7-8H,3,6H2,1-2H3/b5-4-/t7-/m0/s1. The first-order chi connectivity index (χ1) is 3.81. The molecule has 48 valence electrons. The lowest BCUT2D eigenvalue weighted by molar-refractivity contribution is 0.341. The molecule has 0 heterocycles. The van der Waals surface area contributed by atoms with E-state index in [9.17, 15) is 0 Å². The summed E-state index contributed by atoms with van der Waals surface area (Å²) in [5.41, 5.74) is 0. The van der Waals surface area contributed by atoms with Crippen molar-refractivity contribution in [1.82, 2.24) is 0 Å². The Balaban J connectivity index is 3.21. The van der Waals surface area contributed by atoms with Gasteiger partial charge in [0.2, 0.25) is 0 Å². The van der Waals surface area contributed by atoms with Crippen LogP contribution in [0.5, 0.6) is 0 Å². The first kappa shape index (κ1) is 7.70. The Labute approximate surface area is 51.0 Å². The van der Waals surface area contributed by atoms with Crippen LogP contribution in [0.1, 0.15) is 20.3 Å². The number of hydrogen-bond donors (Lipinski definition) is 1. The summed E-state index contributed by atoms with van der Waals surface area (Å²) >= 11 is 0. The van der Waals surface area contributed by atoms with E-state index in [0.29, 0.717) is 5.92 Å². The Hall–Kier alpha value is -0.300. The molecule has 0 aliphatic rings. The first-order valence-corrected chi connectivity index (χ1v) is 3.08. The number of aliphatic hydroxyl groups excluding tert-OH is 1. The smallest absolute Gasteiger partial charge is 0.0612 e. The number of aliphatic hydroxyl groups is 1. The van der Waals surface area contributed by atoms with Crippen LogP contribution in [0.2, 0.25) is 0 Å². The van der Waals surface area contributed by atoms with Crippen molar-refractivity contribution in [2.45, 2.75) is 20.3 Å². The summed E-state index contributed by atoms with van der Waals surface area (Å²) in [6, 6.07) is 0. The van der Waals surface area contributed by atoms with Crippen LogP contribution in [-0.4, -0.2) is 11.7 Å². The quantitative estimate of drug-likeness (QED) is 0.552. The summed E-state index contributed by atoms with van der Waals surface area (Å²) in [5, 5.41) is 8.32. The monoisotopic (exact) mass is 114 g/mol. The van der Waals surface area contributed by atoms with Crippen LogP contribution in [0.4, 0.5) is 0 Å². The van der Waals surface area contributed by atoms with Crippen molar-refractivity contribution in [1.29, 1.82) is 0 Å². The maximum Gasteiger partial charge on any atom is 0.0612 e. The fourth-order valence-corrected chi connectivity index (χ4v) is 0.429. The molecule has 0 unspecified atom stereocenters. The third-order valence-corrected chi connectivity index (χ3v) is 1.21. The van der Waals surface area contributed by atoms with Gasteiger partial charge in [-0.25, -0.2) is 0 Å². The predicted octanol–water partition coefficient (Wildman–Crippen LogP) is 1.58. The summed E-state index contributed by atoms with van der Waals surface area (Å²) in [4.78, 5) is 0. The third-order valence-electron chi connectivity index (χ3n) is 1.21. The Morgan fingerprint density at radius 3 is 2.62 bits per heavy atom. The minimum atomic E-state index is 0.171. The summed E-state index contributed by atoms with van der Waals surface area (Å²) < 4.78 is 0. The molecule has 1 atom stereocenters. The molecular weight excluding hydrogens is 100 g/mol. The molecule has 0 rings (SSSR count). The number of rotatable bonds is 3. The SMILES string of the molecule is CC[C@H](C)/C=C\CO. The first-order valence-electron chi connectivity index (χ1n) is 3.08. The van der Waals surface area contributed by atoms with Gasteiger partial charge in [0.25, 0.3) is 0 Å². The molecule has 0 bridgehead atoms. The van der Waals surface area contributed by atoms with Crippen LogP contribution in [-0.2, 0) is 0 Å². The average molecular weight is 114 g/mol. The van der Waals surface area contributed by atoms with Crippen LogP contribution in [0.3, 0.4) is 0 Å². The molecule has 0 aliphatic carbocycles. The molecule has 8 heavy (non-hydrogen) atoms. The van der Waals surface area contributed by atoms with Gasteiger partial charge < -0.3 is 5.11 Å². The molecule has 0 aromatic carbocycles. The highest BCUT2D eigenvalue weighted by atomic mass is 16.2. The molecule has 1 nitrogen and oxygen atoms in total. The van der Waals surface area contributed by atoms with E-state index in [2.05, 4.69) is 13.8 Å². The normalized spacial score (nSPS) is 14.9. The van der Waals surface area contributed by atoms with E-state index in [1.807, 2.05) is 6.08 Å². The van der Waals surface area contributed by atoms with Crippen LogP contribution in [0, 0.1) is 5.92 Å². The highest BCUT2D eigenvalue weighted by Crippen LogP contribution is 2.00. The Morgan fingerprint density at radius 1 is 1.62 bits per heavy atom. The zero-order valence-electron chi connectivity index (χ0n) is 5.59. The van der Waals surface area contributed by atoms with Gasteiger partial charge in [-0.3, -0.25) is 0 Å². The van der Waals surface area contributed by atoms with Gasteiger partial charge in [0, 0.05) is 0 Å². The van der Waals surface area contributed by atoms with Gasteiger partial charge in [0.05, 0.1) is 6.61 Å². The van der Waals surface area contributed by atoms with Gasteiger partial charge in [0.1, 0.15) is 0 Å². The molecule has 0 aromatic rings. The second-order valence-corrected chi connectivity index (χ2v) is 2.00. The molecule has 1 N–H and O–H groups in total. The zero-order chi connectivity index (χ0) is 6.41. The minimum absolute atomic E-state index is 0.171.